The highest BCUT2D eigenvalue weighted by Crippen LogP contribution is 2.00. The maximum absolute atomic E-state index is 4.21. The van der Waals surface area contributed by atoms with E-state index in [1.807, 2.05) is 30.0 Å². The topological polar surface area (TPSA) is 37.8 Å². The zero-order chi connectivity index (χ0) is 10.3. The van der Waals surface area contributed by atoms with Crippen LogP contribution in [0.1, 0.15) is 11.3 Å². The Balaban J connectivity index is 1.68. The lowest BCUT2D eigenvalue weighted by molar-refractivity contribution is 0.677. The smallest absolute Gasteiger partial charge is 0.0795 e. The maximum atomic E-state index is 4.21. The van der Waals surface area contributed by atoms with Gasteiger partial charge in [0.05, 0.1) is 11.2 Å². The van der Waals surface area contributed by atoms with E-state index >= 15 is 0 Å². The van der Waals surface area contributed by atoms with Crippen molar-refractivity contribution in [3.8, 4) is 0 Å². The van der Waals surface area contributed by atoms with Crippen LogP contribution in [0.3, 0.4) is 0 Å². The first-order valence-electron chi connectivity index (χ1n) is 4.92. The molecule has 4 heteroatoms. The molecule has 0 aliphatic rings. The van der Waals surface area contributed by atoms with Crippen molar-refractivity contribution in [2.45, 2.75) is 13.0 Å². The largest absolute Gasteiger partial charge is 0.311 e. The normalized spacial score (nSPS) is 10.4. The molecule has 2 aromatic heterocycles. The molecule has 0 aliphatic heterocycles. The van der Waals surface area contributed by atoms with Gasteiger partial charge in [-0.1, -0.05) is 0 Å². The number of pyridine rings is 1. The second-order valence-electron chi connectivity index (χ2n) is 3.26. The third-order valence-corrected chi connectivity index (χ3v) is 2.76. The van der Waals surface area contributed by atoms with Gasteiger partial charge in [-0.25, -0.2) is 4.98 Å². The molecule has 1 N–H and O–H groups in total. The van der Waals surface area contributed by atoms with Crippen LogP contribution in [0.15, 0.2) is 35.4 Å². The summed E-state index contributed by atoms with van der Waals surface area (Å²) in [7, 11) is 0. The molecule has 0 saturated heterocycles. The van der Waals surface area contributed by atoms with E-state index in [0.29, 0.717) is 0 Å². The molecule has 2 heterocycles. The van der Waals surface area contributed by atoms with Crippen LogP contribution >= 0.6 is 11.3 Å². The first kappa shape index (κ1) is 10.3. The summed E-state index contributed by atoms with van der Waals surface area (Å²) in [4.78, 5) is 8.19. The van der Waals surface area contributed by atoms with Crippen LogP contribution in [-0.2, 0) is 13.0 Å². The van der Waals surface area contributed by atoms with E-state index in [-0.39, 0.29) is 0 Å². The first-order chi connectivity index (χ1) is 7.45. The average molecular weight is 219 g/mol. The summed E-state index contributed by atoms with van der Waals surface area (Å²) in [6.45, 7) is 1.83. The molecule has 2 rings (SSSR count). The third kappa shape index (κ3) is 3.42. The molecule has 0 atom stereocenters. The lowest BCUT2D eigenvalue weighted by atomic mass is 10.2. The molecule has 3 nitrogen and oxygen atoms in total. The number of hydrogen-bond donors (Lipinski definition) is 1. The summed E-state index contributed by atoms with van der Waals surface area (Å²) in [6, 6.07) is 4.09. The van der Waals surface area contributed by atoms with E-state index in [9.17, 15) is 0 Å². The Kier molecular flexibility index (Phi) is 3.82. The van der Waals surface area contributed by atoms with Crippen molar-refractivity contribution in [2.75, 3.05) is 6.54 Å². The molecule has 0 aliphatic carbocycles. The van der Waals surface area contributed by atoms with E-state index in [4.69, 9.17) is 0 Å². The van der Waals surface area contributed by atoms with Crippen LogP contribution in [0, 0.1) is 0 Å². The van der Waals surface area contributed by atoms with E-state index in [2.05, 4.69) is 20.7 Å². The summed E-state index contributed by atoms with van der Waals surface area (Å²) >= 11 is 1.63. The molecule has 0 radical (unpaired) electrons. The Bertz CT molecular complexity index is 372. The number of hydrogen-bond acceptors (Lipinski definition) is 4. The van der Waals surface area contributed by atoms with Crippen LogP contribution in [0.5, 0.6) is 0 Å². The molecule has 78 valence electrons. The van der Waals surface area contributed by atoms with Gasteiger partial charge in [0.1, 0.15) is 0 Å². The minimum Gasteiger partial charge on any atom is -0.311 e. The highest BCUT2D eigenvalue weighted by atomic mass is 32.1. The van der Waals surface area contributed by atoms with Gasteiger partial charge in [0.15, 0.2) is 0 Å². The van der Waals surface area contributed by atoms with Crippen LogP contribution in [0.4, 0.5) is 0 Å². The van der Waals surface area contributed by atoms with Gasteiger partial charge in [0.25, 0.3) is 0 Å². The third-order valence-electron chi connectivity index (χ3n) is 2.13. The Labute approximate surface area is 93.2 Å². The van der Waals surface area contributed by atoms with Gasteiger partial charge in [-0.3, -0.25) is 4.98 Å². The Morgan fingerprint density at radius 3 is 2.87 bits per heavy atom. The molecule has 2 aromatic rings. The molecule has 0 amide bonds. The molecule has 0 spiro atoms. The number of nitrogens with zero attached hydrogens (tertiary/aromatic N) is 2. The first-order valence-corrected chi connectivity index (χ1v) is 5.86. The van der Waals surface area contributed by atoms with E-state index in [1.54, 1.807) is 11.3 Å². The minimum absolute atomic E-state index is 0.856. The van der Waals surface area contributed by atoms with Crippen molar-refractivity contribution in [3.63, 3.8) is 0 Å². The highest BCUT2D eigenvalue weighted by molar-refractivity contribution is 7.07. The average Bonchev–Trinajstić information content (AvgIpc) is 2.79. The Morgan fingerprint density at radius 2 is 2.13 bits per heavy atom. The standard InChI is InChI=1S/C11H13N3S/c1-4-12-5-2-10(1)3-6-13-7-11-8-15-9-14-11/h1-2,4-5,8-9,13H,3,6-7H2. The van der Waals surface area contributed by atoms with Crippen molar-refractivity contribution >= 4 is 11.3 Å². The summed E-state index contributed by atoms with van der Waals surface area (Å²) in [6.07, 6.45) is 4.69. The Morgan fingerprint density at radius 1 is 1.27 bits per heavy atom. The minimum atomic E-state index is 0.856. The van der Waals surface area contributed by atoms with E-state index in [1.165, 1.54) is 5.56 Å². The zero-order valence-corrected chi connectivity index (χ0v) is 9.20. The quantitative estimate of drug-likeness (QED) is 0.780. The number of thiazole rings is 1. The van der Waals surface area contributed by atoms with Crippen molar-refractivity contribution in [2.24, 2.45) is 0 Å². The summed E-state index contributed by atoms with van der Waals surface area (Å²) in [5.74, 6) is 0. The molecular formula is C11H13N3S. The van der Waals surface area contributed by atoms with Gasteiger partial charge in [-0.15, -0.1) is 11.3 Å². The van der Waals surface area contributed by atoms with Crippen molar-refractivity contribution in [1.29, 1.82) is 0 Å². The van der Waals surface area contributed by atoms with Gasteiger partial charge in [-0.2, -0.15) is 0 Å². The molecule has 0 aromatic carbocycles. The maximum Gasteiger partial charge on any atom is 0.0795 e. The fourth-order valence-electron chi connectivity index (χ4n) is 1.32. The fraction of sp³-hybridized carbons (Fsp3) is 0.273. The van der Waals surface area contributed by atoms with Gasteiger partial charge in [0.2, 0.25) is 0 Å². The van der Waals surface area contributed by atoms with Gasteiger partial charge < -0.3 is 5.32 Å². The predicted octanol–water partition coefficient (Wildman–Crippen LogP) is 1.87. The molecule has 0 fully saturated rings. The van der Waals surface area contributed by atoms with Crippen LogP contribution < -0.4 is 5.32 Å². The van der Waals surface area contributed by atoms with Gasteiger partial charge in [0, 0.05) is 24.3 Å². The monoisotopic (exact) mass is 219 g/mol. The predicted molar refractivity (Wildman–Crippen MR) is 61.8 cm³/mol. The van der Waals surface area contributed by atoms with E-state index in [0.717, 1.165) is 25.2 Å². The van der Waals surface area contributed by atoms with Crippen LogP contribution in [0.2, 0.25) is 0 Å². The van der Waals surface area contributed by atoms with Crippen LogP contribution in [-0.4, -0.2) is 16.5 Å². The van der Waals surface area contributed by atoms with Crippen molar-refractivity contribution in [3.05, 3.63) is 46.7 Å². The van der Waals surface area contributed by atoms with Gasteiger partial charge in [-0.05, 0) is 30.7 Å². The summed E-state index contributed by atoms with van der Waals surface area (Å²) in [5, 5.41) is 5.43. The fourth-order valence-corrected chi connectivity index (χ4v) is 1.88. The number of nitrogens with one attached hydrogen (secondary N) is 1. The molecule has 0 unspecified atom stereocenters. The molecule has 15 heavy (non-hydrogen) atoms. The summed E-state index contributed by atoms with van der Waals surface area (Å²) < 4.78 is 0. The van der Waals surface area contributed by atoms with Crippen LogP contribution in [0.25, 0.3) is 0 Å². The lowest BCUT2D eigenvalue weighted by Gasteiger charge is -2.02. The SMILES string of the molecule is c1cc(CCNCc2cscn2)ccn1. The lowest BCUT2D eigenvalue weighted by Crippen LogP contribution is -2.16. The van der Waals surface area contributed by atoms with Gasteiger partial charge >= 0.3 is 0 Å². The van der Waals surface area contributed by atoms with Crippen molar-refractivity contribution < 1.29 is 0 Å². The highest BCUT2D eigenvalue weighted by Gasteiger charge is 1.94. The Hall–Kier alpha value is -1.26. The second-order valence-corrected chi connectivity index (χ2v) is 3.98. The summed E-state index contributed by atoms with van der Waals surface area (Å²) in [5.41, 5.74) is 4.30. The molecule has 0 bridgehead atoms. The van der Waals surface area contributed by atoms with E-state index < -0.39 is 0 Å². The number of rotatable bonds is 5. The molecule has 0 saturated carbocycles. The zero-order valence-electron chi connectivity index (χ0n) is 8.39. The second kappa shape index (κ2) is 5.58. The molecular weight excluding hydrogens is 206 g/mol. The van der Waals surface area contributed by atoms with Crippen molar-refractivity contribution in [1.82, 2.24) is 15.3 Å². The number of aromatic nitrogens is 2.